The molecule has 2 N–H and O–H groups in total. The van der Waals surface area contributed by atoms with Crippen LogP contribution in [-0.2, 0) is 11.4 Å². The van der Waals surface area contributed by atoms with Gasteiger partial charge in [0.2, 0.25) is 0 Å². The summed E-state index contributed by atoms with van der Waals surface area (Å²) in [6.07, 6.45) is 15.5. The topological polar surface area (TPSA) is 101 Å². The fourth-order valence-corrected chi connectivity index (χ4v) is 11.3. The molecule has 1 aliphatic rings. The van der Waals surface area contributed by atoms with E-state index in [2.05, 4.69) is 71.8 Å². The molecule has 7 nitrogen and oxygen atoms in total. The zero-order valence-electron chi connectivity index (χ0n) is 31.8. The minimum absolute atomic E-state index is 0.0426. The van der Waals surface area contributed by atoms with Crippen LogP contribution in [0.4, 0.5) is 0 Å². The largest absolute Gasteiger partial charge is 0.489 e. The summed E-state index contributed by atoms with van der Waals surface area (Å²) in [4.78, 5) is 34.1. The van der Waals surface area contributed by atoms with Crippen LogP contribution in [0.15, 0.2) is 102 Å². The summed E-state index contributed by atoms with van der Waals surface area (Å²) in [6, 6.07) is 32.2. The number of hydrogen-bond acceptors (Lipinski definition) is 7. The van der Waals surface area contributed by atoms with E-state index in [1.54, 1.807) is 0 Å². The number of benzene rings is 4. The van der Waals surface area contributed by atoms with Gasteiger partial charge in [0, 0.05) is 17.9 Å². The van der Waals surface area contributed by atoms with Gasteiger partial charge in [-0.25, -0.2) is 9.78 Å². The van der Waals surface area contributed by atoms with Crippen LogP contribution in [0.3, 0.4) is 0 Å². The maximum atomic E-state index is 13.6. The Hall–Kier alpha value is -4.04. The van der Waals surface area contributed by atoms with Gasteiger partial charge in [0.15, 0.2) is 6.04 Å². The second-order valence-electron chi connectivity index (χ2n) is 14.0. The van der Waals surface area contributed by atoms with Gasteiger partial charge >= 0.3 is 5.97 Å². The number of ether oxygens (including phenoxy) is 1. The van der Waals surface area contributed by atoms with E-state index in [-0.39, 0.29) is 5.91 Å². The number of carbonyl (C=O) groups is 2. The summed E-state index contributed by atoms with van der Waals surface area (Å²) in [5.74, 6) is 0.182. The van der Waals surface area contributed by atoms with Crippen molar-refractivity contribution in [3.05, 3.63) is 113 Å². The van der Waals surface area contributed by atoms with E-state index in [4.69, 9.17) is 9.72 Å². The number of nitrogens with zero attached hydrogens (tertiary/aromatic N) is 2. The monoisotopic (exact) mass is 793 g/mol. The van der Waals surface area contributed by atoms with Gasteiger partial charge in [0.1, 0.15) is 22.4 Å². The van der Waals surface area contributed by atoms with Gasteiger partial charge < -0.3 is 15.2 Å². The number of nitrogens with one attached hydrogen (secondary N) is 1. The van der Waals surface area contributed by atoms with Gasteiger partial charge in [-0.3, -0.25) is 9.79 Å². The Kier molecular flexibility index (Phi) is 15.7. The number of aliphatic imine (C=N–C) groups is 1. The van der Waals surface area contributed by atoms with Crippen molar-refractivity contribution in [2.45, 2.75) is 96.6 Å². The first-order valence-electron chi connectivity index (χ1n) is 19.8. The Bertz CT molecular complexity index is 1980. The van der Waals surface area contributed by atoms with E-state index in [9.17, 15) is 14.7 Å². The number of aromatic nitrogens is 1. The van der Waals surface area contributed by atoms with Gasteiger partial charge in [-0.1, -0.05) is 144 Å². The number of fused-ring (bicyclic) bond motifs is 1. The molecule has 0 saturated carbocycles. The molecule has 1 unspecified atom stereocenters. The molecule has 6 rings (SSSR count). The minimum atomic E-state index is -0.984. The van der Waals surface area contributed by atoms with Crippen LogP contribution in [0.1, 0.15) is 105 Å². The van der Waals surface area contributed by atoms with E-state index in [1.807, 2.05) is 42.5 Å². The van der Waals surface area contributed by atoms with Gasteiger partial charge in [0.05, 0.1) is 10.2 Å². The number of amides is 1. The van der Waals surface area contributed by atoms with Crippen LogP contribution >= 0.6 is 31.0 Å². The molecule has 0 fully saturated rings. The number of carboxylic acid groups (broad SMARTS) is 1. The van der Waals surface area contributed by atoms with Crippen molar-refractivity contribution in [1.82, 2.24) is 10.3 Å². The van der Waals surface area contributed by atoms with Crippen molar-refractivity contribution in [3.8, 4) is 5.75 Å². The SMILES string of the molecule is CCCCCCCCCCCCCCNC(=O)c1ccc(COc2ccc3nc(C4=NC(C(=O)O)CS4)sc3c2)c(P(c2ccccc2)c2ccccc2)c1. The fraction of sp³-hybridized carbons (Fsp3) is 0.378. The van der Waals surface area contributed by atoms with Crippen molar-refractivity contribution in [3.63, 3.8) is 0 Å². The third-order valence-corrected chi connectivity index (χ3v) is 14.5. The standard InChI is InChI=1S/C45H52N3O4PS2/c1-2-3-4-5-6-7-8-9-10-11-12-19-28-46-42(49)33-24-25-34(40(29-33)53(36-20-15-13-16-21-36)37-22-17-14-18-23-37)31-52-35-26-27-38-41(30-35)55-44(47-38)43-48-39(32-54-43)45(50)51/h13-18,20-27,29-30,39H,2-12,19,28,31-32H2,1H3,(H,46,49)(H,50,51). The zero-order chi connectivity index (χ0) is 38.2. The molecule has 288 valence electrons. The fourth-order valence-electron chi connectivity index (χ4n) is 6.75. The van der Waals surface area contributed by atoms with Crippen molar-refractivity contribution >= 4 is 74.1 Å². The minimum Gasteiger partial charge on any atom is -0.489 e. The Morgan fingerprint density at radius 3 is 2.05 bits per heavy atom. The number of hydrogen-bond donors (Lipinski definition) is 2. The molecule has 10 heteroatoms. The number of aliphatic carboxylic acids is 1. The highest BCUT2D eigenvalue weighted by Gasteiger charge is 2.27. The average Bonchev–Trinajstić information content (AvgIpc) is 3.88. The lowest BCUT2D eigenvalue weighted by Crippen LogP contribution is -2.28. The lowest BCUT2D eigenvalue weighted by molar-refractivity contribution is -0.137. The van der Waals surface area contributed by atoms with E-state index < -0.39 is 19.9 Å². The smallest absolute Gasteiger partial charge is 0.329 e. The van der Waals surface area contributed by atoms with Gasteiger partial charge in [-0.15, -0.1) is 23.1 Å². The first kappa shape index (κ1) is 40.6. The van der Waals surface area contributed by atoms with E-state index in [0.717, 1.165) is 38.9 Å². The summed E-state index contributed by atoms with van der Waals surface area (Å²) in [5.41, 5.74) is 2.51. The number of thiazole rings is 1. The summed E-state index contributed by atoms with van der Waals surface area (Å²) < 4.78 is 7.42. The molecule has 2 heterocycles. The molecule has 1 aliphatic heterocycles. The zero-order valence-corrected chi connectivity index (χ0v) is 34.3. The predicted molar refractivity (Wildman–Crippen MR) is 233 cm³/mol. The van der Waals surface area contributed by atoms with Crippen molar-refractivity contribution in [2.24, 2.45) is 4.99 Å². The Morgan fingerprint density at radius 2 is 1.44 bits per heavy atom. The molecule has 1 atom stereocenters. The number of carboxylic acids is 1. The molecule has 0 spiro atoms. The van der Waals surface area contributed by atoms with Gasteiger partial charge in [-0.2, -0.15) is 0 Å². The van der Waals surface area contributed by atoms with E-state index in [1.165, 1.54) is 97.9 Å². The molecule has 5 aromatic rings. The number of thioether (sulfide) groups is 1. The van der Waals surface area contributed by atoms with Crippen LogP contribution in [0.5, 0.6) is 5.75 Å². The number of carbonyl (C=O) groups excluding carboxylic acids is 1. The summed E-state index contributed by atoms with van der Waals surface area (Å²) in [5, 5.41) is 17.5. The maximum Gasteiger partial charge on any atom is 0.329 e. The molecule has 1 aromatic heterocycles. The van der Waals surface area contributed by atoms with E-state index in [0.29, 0.717) is 35.3 Å². The highest BCUT2D eigenvalue weighted by atomic mass is 32.2. The molecule has 1 amide bonds. The highest BCUT2D eigenvalue weighted by molar-refractivity contribution is 8.15. The van der Waals surface area contributed by atoms with Crippen molar-refractivity contribution < 1.29 is 19.4 Å². The van der Waals surface area contributed by atoms with Gasteiger partial charge in [0.25, 0.3) is 5.91 Å². The first-order valence-corrected chi connectivity index (χ1v) is 22.9. The molecule has 0 aliphatic carbocycles. The lowest BCUT2D eigenvalue weighted by atomic mass is 10.1. The summed E-state index contributed by atoms with van der Waals surface area (Å²) >= 11 is 2.93. The van der Waals surface area contributed by atoms with Crippen LogP contribution in [0.2, 0.25) is 0 Å². The van der Waals surface area contributed by atoms with Crippen LogP contribution < -0.4 is 26.0 Å². The summed E-state index contributed by atoms with van der Waals surface area (Å²) in [6.45, 7) is 3.27. The Labute approximate surface area is 335 Å². The van der Waals surface area contributed by atoms with Crippen LogP contribution in [0.25, 0.3) is 10.2 Å². The quantitative estimate of drug-likeness (QED) is 0.0535. The maximum absolute atomic E-state index is 13.6. The van der Waals surface area contributed by atoms with E-state index >= 15 is 0 Å². The third-order valence-electron chi connectivity index (χ3n) is 9.81. The Balaban J connectivity index is 1.13. The average molecular weight is 794 g/mol. The van der Waals surface area contributed by atoms with Gasteiger partial charge in [-0.05, 0) is 66.2 Å². The number of rotatable bonds is 22. The molecular formula is C45H52N3O4PS2. The Morgan fingerprint density at radius 1 is 0.800 bits per heavy atom. The second kappa shape index (κ2) is 21.3. The molecule has 4 aromatic carbocycles. The highest BCUT2D eigenvalue weighted by Crippen LogP contribution is 2.36. The van der Waals surface area contributed by atoms with Crippen LogP contribution in [-0.4, -0.2) is 45.4 Å². The molecule has 0 radical (unpaired) electrons. The normalized spacial score (nSPS) is 14.0. The molecule has 0 saturated heterocycles. The predicted octanol–water partition coefficient (Wildman–Crippen LogP) is 10.0. The first-order chi connectivity index (χ1) is 27.0. The van der Waals surface area contributed by atoms with Crippen LogP contribution in [0, 0.1) is 0 Å². The molecular weight excluding hydrogens is 742 g/mol. The van der Waals surface area contributed by atoms with Crippen molar-refractivity contribution in [1.29, 1.82) is 0 Å². The second-order valence-corrected chi connectivity index (χ2v) is 18.3. The van der Waals surface area contributed by atoms with Crippen molar-refractivity contribution in [2.75, 3.05) is 12.3 Å². The summed E-state index contributed by atoms with van der Waals surface area (Å²) in [7, 11) is -0.984. The lowest BCUT2D eigenvalue weighted by Gasteiger charge is -2.23. The third kappa shape index (κ3) is 11.7. The number of unbranched alkanes of at least 4 members (excludes halogenated alkanes) is 11. The molecule has 0 bridgehead atoms. The molecule has 55 heavy (non-hydrogen) atoms.